The number of nitrogens with one attached hydrogen (secondary N) is 1. The second-order valence-electron chi connectivity index (χ2n) is 7.75. The van der Waals surface area contributed by atoms with Gasteiger partial charge in [-0.2, -0.15) is 0 Å². The van der Waals surface area contributed by atoms with Crippen LogP contribution in [0.3, 0.4) is 0 Å². The molecule has 1 atom stereocenters. The Morgan fingerprint density at radius 2 is 1.77 bits per heavy atom. The van der Waals surface area contributed by atoms with Gasteiger partial charge in [0, 0.05) is 6.42 Å². The zero-order chi connectivity index (χ0) is 18.6. The highest BCUT2D eigenvalue weighted by atomic mass is 16.6. The molecule has 1 aliphatic heterocycles. The van der Waals surface area contributed by atoms with Crippen LogP contribution in [-0.2, 0) is 16.6 Å². The Morgan fingerprint density at radius 3 is 2.46 bits per heavy atom. The number of ether oxygens (including phenoxy) is 2. The Labute approximate surface area is 155 Å². The van der Waals surface area contributed by atoms with Gasteiger partial charge in [0.05, 0.1) is 6.54 Å². The Morgan fingerprint density at radius 1 is 1.08 bits per heavy atom. The maximum absolute atomic E-state index is 12.1. The van der Waals surface area contributed by atoms with E-state index in [0.29, 0.717) is 19.6 Å². The van der Waals surface area contributed by atoms with E-state index in [4.69, 9.17) is 9.47 Å². The lowest BCUT2D eigenvalue weighted by Gasteiger charge is -2.26. The molecule has 0 saturated carbocycles. The van der Waals surface area contributed by atoms with E-state index in [9.17, 15) is 4.79 Å². The van der Waals surface area contributed by atoms with E-state index in [0.717, 1.165) is 17.9 Å². The molecule has 1 heterocycles. The fourth-order valence-electron chi connectivity index (χ4n) is 2.91. The Balaban J connectivity index is 1.42. The molecule has 0 aliphatic carbocycles. The molecule has 3 rings (SSSR count). The smallest absolute Gasteiger partial charge is 0.220 e. The third kappa shape index (κ3) is 4.78. The number of carbonyl (C=O) groups is 1. The second-order valence-corrected chi connectivity index (χ2v) is 7.75. The highest BCUT2D eigenvalue weighted by molar-refractivity contribution is 5.76. The molecule has 0 saturated heterocycles. The van der Waals surface area contributed by atoms with Gasteiger partial charge in [0.2, 0.25) is 5.91 Å². The summed E-state index contributed by atoms with van der Waals surface area (Å²) >= 11 is 0. The van der Waals surface area contributed by atoms with Crippen LogP contribution in [0.5, 0.6) is 11.5 Å². The van der Waals surface area contributed by atoms with E-state index in [2.05, 4.69) is 50.4 Å². The maximum Gasteiger partial charge on any atom is 0.220 e. The van der Waals surface area contributed by atoms with Gasteiger partial charge in [-0.1, -0.05) is 57.2 Å². The molecule has 138 valence electrons. The van der Waals surface area contributed by atoms with Crippen molar-refractivity contribution in [3.8, 4) is 11.5 Å². The number of rotatable bonds is 5. The van der Waals surface area contributed by atoms with Crippen molar-refractivity contribution in [3.63, 3.8) is 0 Å². The summed E-state index contributed by atoms with van der Waals surface area (Å²) in [5.41, 5.74) is 2.64. The van der Waals surface area contributed by atoms with E-state index in [1.165, 1.54) is 11.1 Å². The number of fused-ring (bicyclic) bond motifs is 1. The van der Waals surface area contributed by atoms with E-state index in [1.807, 2.05) is 24.3 Å². The van der Waals surface area contributed by atoms with Crippen LogP contribution in [0.15, 0.2) is 48.5 Å². The normalized spacial score (nSPS) is 16.2. The summed E-state index contributed by atoms with van der Waals surface area (Å²) in [6, 6.07) is 16.1. The average molecular weight is 353 g/mol. The molecule has 0 unspecified atom stereocenters. The van der Waals surface area contributed by atoms with Gasteiger partial charge in [0.1, 0.15) is 12.7 Å². The highest BCUT2D eigenvalue weighted by Crippen LogP contribution is 2.30. The van der Waals surface area contributed by atoms with Crippen molar-refractivity contribution in [2.75, 3.05) is 13.2 Å². The molecule has 1 aliphatic rings. The van der Waals surface area contributed by atoms with E-state index >= 15 is 0 Å². The first-order chi connectivity index (χ1) is 12.4. The Bertz CT molecular complexity index is 747. The van der Waals surface area contributed by atoms with Crippen LogP contribution < -0.4 is 14.8 Å². The van der Waals surface area contributed by atoms with Gasteiger partial charge in [0.25, 0.3) is 0 Å². The van der Waals surface area contributed by atoms with Crippen molar-refractivity contribution in [3.05, 3.63) is 59.7 Å². The van der Waals surface area contributed by atoms with Gasteiger partial charge in [-0.25, -0.2) is 0 Å². The maximum atomic E-state index is 12.1. The van der Waals surface area contributed by atoms with Gasteiger partial charge < -0.3 is 14.8 Å². The van der Waals surface area contributed by atoms with Crippen LogP contribution >= 0.6 is 0 Å². The summed E-state index contributed by atoms with van der Waals surface area (Å²) < 4.78 is 11.5. The number of amides is 1. The van der Waals surface area contributed by atoms with Crippen LogP contribution in [0.25, 0.3) is 0 Å². The Hall–Kier alpha value is -2.49. The van der Waals surface area contributed by atoms with Crippen LogP contribution in [0.2, 0.25) is 0 Å². The first-order valence-corrected chi connectivity index (χ1v) is 9.16. The summed E-state index contributed by atoms with van der Waals surface area (Å²) in [5.74, 6) is 1.53. The summed E-state index contributed by atoms with van der Waals surface area (Å²) in [6.45, 7) is 7.50. The zero-order valence-corrected chi connectivity index (χ0v) is 15.7. The van der Waals surface area contributed by atoms with E-state index in [-0.39, 0.29) is 17.4 Å². The van der Waals surface area contributed by atoms with Crippen molar-refractivity contribution in [1.29, 1.82) is 0 Å². The number of benzene rings is 2. The SMILES string of the molecule is CC(C)(C)c1ccc(CCC(=O)NC[C@@H]2COc3ccccc3O2)cc1. The third-order valence-corrected chi connectivity index (χ3v) is 4.56. The monoisotopic (exact) mass is 353 g/mol. The molecule has 1 N–H and O–H groups in total. The van der Waals surface area contributed by atoms with E-state index in [1.54, 1.807) is 0 Å². The summed E-state index contributed by atoms with van der Waals surface area (Å²) in [4.78, 5) is 12.1. The number of aryl methyl sites for hydroxylation is 1. The third-order valence-electron chi connectivity index (χ3n) is 4.56. The number of carbonyl (C=O) groups excluding carboxylic acids is 1. The van der Waals surface area contributed by atoms with E-state index < -0.39 is 0 Å². The molecule has 0 spiro atoms. The predicted octanol–water partition coefficient (Wildman–Crippen LogP) is 3.87. The summed E-state index contributed by atoms with van der Waals surface area (Å²) in [7, 11) is 0. The van der Waals surface area contributed by atoms with Gasteiger partial charge in [0.15, 0.2) is 11.5 Å². The van der Waals surface area contributed by atoms with Crippen molar-refractivity contribution in [2.45, 2.75) is 45.1 Å². The fourth-order valence-corrected chi connectivity index (χ4v) is 2.91. The molecule has 0 aromatic heterocycles. The number of hydrogen-bond acceptors (Lipinski definition) is 3. The van der Waals surface area contributed by atoms with Crippen molar-refractivity contribution in [2.24, 2.45) is 0 Å². The molecule has 4 nitrogen and oxygen atoms in total. The molecular weight excluding hydrogens is 326 g/mol. The second kappa shape index (κ2) is 7.81. The Kier molecular flexibility index (Phi) is 5.50. The predicted molar refractivity (Wildman–Crippen MR) is 103 cm³/mol. The van der Waals surface area contributed by atoms with Gasteiger partial charge in [-0.3, -0.25) is 4.79 Å². The molecule has 4 heteroatoms. The zero-order valence-electron chi connectivity index (χ0n) is 15.7. The van der Waals surface area contributed by atoms with Crippen LogP contribution in [0.4, 0.5) is 0 Å². The standard InChI is InChI=1S/C22H27NO3/c1-22(2,3)17-11-8-16(9-12-17)10-13-21(24)23-14-18-15-25-19-6-4-5-7-20(19)26-18/h4-9,11-12,18H,10,13-15H2,1-3H3,(H,23,24)/t18-/m1/s1. The molecular formula is C22H27NO3. The lowest BCUT2D eigenvalue weighted by molar-refractivity contribution is -0.121. The van der Waals surface area contributed by atoms with Crippen LogP contribution in [-0.4, -0.2) is 25.2 Å². The minimum Gasteiger partial charge on any atom is -0.486 e. The van der Waals surface area contributed by atoms with Crippen molar-refractivity contribution in [1.82, 2.24) is 5.32 Å². The summed E-state index contributed by atoms with van der Waals surface area (Å²) in [6.07, 6.45) is 1.06. The molecule has 0 bridgehead atoms. The molecule has 0 radical (unpaired) electrons. The lowest BCUT2D eigenvalue weighted by Crippen LogP contribution is -2.40. The molecule has 0 fully saturated rings. The average Bonchev–Trinajstić information content (AvgIpc) is 2.64. The van der Waals surface area contributed by atoms with Crippen molar-refractivity contribution < 1.29 is 14.3 Å². The number of para-hydroxylation sites is 2. The highest BCUT2D eigenvalue weighted by Gasteiger charge is 2.21. The van der Waals surface area contributed by atoms with Crippen molar-refractivity contribution >= 4 is 5.91 Å². The van der Waals surface area contributed by atoms with Gasteiger partial charge >= 0.3 is 0 Å². The molecule has 1 amide bonds. The van der Waals surface area contributed by atoms with Gasteiger partial charge in [-0.15, -0.1) is 0 Å². The topological polar surface area (TPSA) is 47.6 Å². The minimum atomic E-state index is -0.153. The number of hydrogen-bond donors (Lipinski definition) is 1. The molecule has 26 heavy (non-hydrogen) atoms. The van der Waals surface area contributed by atoms with Crippen LogP contribution in [0.1, 0.15) is 38.3 Å². The van der Waals surface area contributed by atoms with Crippen LogP contribution in [0, 0.1) is 0 Å². The molecule has 2 aromatic carbocycles. The lowest BCUT2D eigenvalue weighted by atomic mass is 9.86. The fraction of sp³-hybridized carbons (Fsp3) is 0.409. The van der Waals surface area contributed by atoms with Gasteiger partial charge in [-0.05, 0) is 35.1 Å². The first-order valence-electron chi connectivity index (χ1n) is 9.16. The molecule has 2 aromatic rings. The first kappa shape index (κ1) is 18.3. The quantitative estimate of drug-likeness (QED) is 0.887. The largest absolute Gasteiger partial charge is 0.486 e. The minimum absolute atomic E-state index is 0.0346. The summed E-state index contributed by atoms with van der Waals surface area (Å²) in [5, 5.41) is 2.95.